The number of aromatic nitrogens is 3. The van der Waals surface area contributed by atoms with E-state index >= 15 is 0 Å². The SMILES string of the molecule is Cc1nn(-c2ccccn2)c(C)c1CCNC(=O)Cc1ccc(SC(C)C)cc1. The van der Waals surface area contributed by atoms with E-state index in [1.807, 2.05) is 60.6 Å². The number of carbonyl (C=O) groups is 1. The molecule has 1 amide bonds. The number of hydrogen-bond donors (Lipinski definition) is 1. The molecule has 0 aliphatic rings. The monoisotopic (exact) mass is 408 g/mol. The van der Waals surface area contributed by atoms with Crippen LogP contribution >= 0.6 is 11.8 Å². The Balaban J connectivity index is 1.53. The van der Waals surface area contributed by atoms with Crippen molar-refractivity contribution >= 4 is 17.7 Å². The third-order valence-corrected chi connectivity index (χ3v) is 5.68. The van der Waals surface area contributed by atoms with Crippen molar-refractivity contribution < 1.29 is 4.79 Å². The standard InChI is InChI=1S/C23H28N4OS/c1-16(2)29-20-10-8-19(9-11-20)15-23(28)25-14-12-21-17(3)26-27(18(21)4)22-7-5-6-13-24-22/h5-11,13,16H,12,14-15H2,1-4H3,(H,25,28). The van der Waals surface area contributed by atoms with Crippen LogP contribution in [0.2, 0.25) is 0 Å². The maximum Gasteiger partial charge on any atom is 0.224 e. The Kier molecular flexibility index (Phi) is 7.09. The number of carbonyl (C=O) groups excluding carboxylic acids is 1. The van der Waals surface area contributed by atoms with Crippen LogP contribution in [0.3, 0.4) is 0 Å². The fourth-order valence-electron chi connectivity index (χ4n) is 3.27. The number of hydrogen-bond acceptors (Lipinski definition) is 4. The lowest BCUT2D eigenvalue weighted by Crippen LogP contribution is -2.27. The summed E-state index contributed by atoms with van der Waals surface area (Å²) in [5, 5.41) is 8.20. The predicted molar refractivity (Wildman–Crippen MR) is 119 cm³/mol. The summed E-state index contributed by atoms with van der Waals surface area (Å²) in [6, 6.07) is 14.0. The maximum absolute atomic E-state index is 12.3. The fraction of sp³-hybridized carbons (Fsp3) is 0.348. The molecule has 0 aliphatic carbocycles. The molecule has 0 atom stereocenters. The third-order valence-electron chi connectivity index (χ3n) is 4.66. The third kappa shape index (κ3) is 5.70. The minimum Gasteiger partial charge on any atom is -0.355 e. The van der Waals surface area contributed by atoms with E-state index in [2.05, 4.69) is 41.4 Å². The summed E-state index contributed by atoms with van der Waals surface area (Å²) < 4.78 is 1.86. The van der Waals surface area contributed by atoms with Gasteiger partial charge in [-0.1, -0.05) is 32.0 Å². The van der Waals surface area contributed by atoms with E-state index in [1.165, 1.54) is 4.90 Å². The van der Waals surface area contributed by atoms with Crippen molar-refractivity contribution in [1.82, 2.24) is 20.1 Å². The number of nitrogens with one attached hydrogen (secondary N) is 1. The van der Waals surface area contributed by atoms with E-state index in [0.29, 0.717) is 18.2 Å². The molecule has 0 saturated heterocycles. The lowest BCUT2D eigenvalue weighted by molar-refractivity contribution is -0.120. The minimum absolute atomic E-state index is 0.0432. The molecule has 29 heavy (non-hydrogen) atoms. The molecule has 2 aromatic heterocycles. The normalized spacial score (nSPS) is 11.1. The van der Waals surface area contributed by atoms with Gasteiger partial charge in [0.05, 0.1) is 12.1 Å². The summed E-state index contributed by atoms with van der Waals surface area (Å²) in [5.41, 5.74) is 4.23. The van der Waals surface area contributed by atoms with E-state index in [-0.39, 0.29) is 5.91 Å². The first-order valence-electron chi connectivity index (χ1n) is 9.93. The lowest BCUT2D eigenvalue weighted by Gasteiger charge is -2.08. The number of benzene rings is 1. The van der Waals surface area contributed by atoms with Crippen LogP contribution in [0, 0.1) is 13.8 Å². The average molecular weight is 409 g/mol. The second kappa shape index (κ2) is 9.74. The fourth-order valence-corrected chi connectivity index (χ4v) is 4.11. The highest BCUT2D eigenvalue weighted by molar-refractivity contribution is 7.99. The van der Waals surface area contributed by atoms with Crippen molar-refractivity contribution in [1.29, 1.82) is 0 Å². The van der Waals surface area contributed by atoms with Gasteiger partial charge >= 0.3 is 0 Å². The smallest absolute Gasteiger partial charge is 0.224 e. The molecule has 6 heteroatoms. The molecular formula is C23H28N4OS. The van der Waals surface area contributed by atoms with Gasteiger partial charge in [0.25, 0.3) is 0 Å². The van der Waals surface area contributed by atoms with Crippen LogP contribution in [0.5, 0.6) is 0 Å². The molecule has 0 fully saturated rings. The first kappa shape index (κ1) is 21.1. The molecule has 0 bridgehead atoms. The van der Waals surface area contributed by atoms with Gasteiger partial charge in [-0.15, -0.1) is 11.8 Å². The molecule has 3 rings (SSSR count). The molecule has 0 unspecified atom stereocenters. The van der Waals surface area contributed by atoms with Gasteiger partial charge in [-0.3, -0.25) is 4.79 Å². The van der Waals surface area contributed by atoms with Crippen LogP contribution in [-0.4, -0.2) is 32.5 Å². The zero-order valence-corrected chi connectivity index (χ0v) is 18.3. The van der Waals surface area contributed by atoms with Crippen LogP contribution in [0.1, 0.15) is 36.4 Å². The van der Waals surface area contributed by atoms with Gasteiger partial charge in [-0.2, -0.15) is 5.10 Å². The molecule has 2 heterocycles. The van der Waals surface area contributed by atoms with E-state index in [0.717, 1.165) is 34.8 Å². The van der Waals surface area contributed by atoms with Crippen molar-refractivity contribution in [3.8, 4) is 5.82 Å². The van der Waals surface area contributed by atoms with Crippen molar-refractivity contribution in [3.63, 3.8) is 0 Å². The number of thioether (sulfide) groups is 1. The highest BCUT2D eigenvalue weighted by Gasteiger charge is 2.13. The molecule has 0 spiro atoms. The Morgan fingerprint density at radius 1 is 1.14 bits per heavy atom. The second-order valence-corrected chi connectivity index (χ2v) is 8.99. The highest BCUT2D eigenvalue weighted by atomic mass is 32.2. The molecule has 0 radical (unpaired) electrons. The average Bonchev–Trinajstić information content (AvgIpc) is 2.98. The topological polar surface area (TPSA) is 59.8 Å². The summed E-state index contributed by atoms with van der Waals surface area (Å²) >= 11 is 1.83. The summed E-state index contributed by atoms with van der Waals surface area (Å²) in [6.07, 6.45) is 2.91. The summed E-state index contributed by atoms with van der Waals surface area (Å²) in [7, 11) is 0. The summed E-state index contributed by atoms with van der Waals surface area (Å²) in [6.45, 7) is 8.99. The summed E-state index contributed by atoms with van der Waals surface area (Å²) in [4.78, 5) is 17.9. The second-order valence-electron chi connectivity index (χ2n) is 7.34. The highest BCUT2D eigenvalue weighted by Crippen LogP contribution is 2.23. The molecule has 1 aromatic carbocycles. The van der Waals surface area contributed by atoms with E-state index in [1.54, 1.807) is 6.20 Å². The van der Waals surface area contributed by atoms with Gasteiger partial charge in [0.2, 0.25) is 5.91 Å². The van der Waals surface area contributed by atoms with Crippen molar-refractivity contribution in [3.05, 3.63) is 71.2 Å². The minimum atomic E-state index is 0.0432. The van der Waals surface area contributed by atoms with Gasteiger partial charge in [0.1, 0.15) is 0 Å². The van der Waals surface area contributed by atoms with E-state index in [9.17, 15) is 4.79 Å². The van der Waals surface area contributed by atoms with Crippen molar-refractivity contribution in [2.45, 2.75) is 50.7 Å². The Morgan fingerprint density at radius 2 is 1.90 bits per heavy atom. The first-order valence-corrected chi connectivity index (χ1v) is 10.8. The van der Waals surface area contributed by atoms with Gasteiger partial charge in [0, 0.05) is 28.6 Å². The van der Waals surface area contributed by atoms with Crippen LogP contribution in [0.15, 0.2) is 53.6 Å². The Bertz CT molecular complexity index is 949. The number of nitrogens with zero attached hydrogens (tertiary/aromatic N) is 3. The van der Waals surface area contributed by atoms with Crippen LogP contribution in [-0.2, 0) is 17.6 Å². The van der Waals surface area contributed by atoms with Crippen molar-refractivity contribution in [2.24, 2.45) is 0 Å². The van der Waals surface area contributed by atoms with Crippen LogP contribution < -0.4 is 5.32 Å². The van der Waals surface area contributed by atoms with Crippen LogP contribution in [0.25, 0.3) is 5.82 Å². The molecule has 3 aromatic rings. The zero-order chi connectivity index (χ0) is 20.8. The first-order chi connectivity index (χ1) is 13.9. The molecule has 0 saturated carbocycles. The van der Waals surface area contributed by atoms with E-state index in [4.69, 9.17) is 0 Å². The Morgan fingerprint density at radius 3 is 2.55 bits per heavy atom. The maximum atomic E-state index is 12.3. The van der Waals surface area contributed by atoms with Gasteiger partial charge in [-0.05, 0) is 55.7 Å². The summed E-state index contributed by atoms with van der Waals surface area (Å²) in [5.74, 6) is 0.851. The van der Waals surface area contributed by atoms with Crippen LogP contribution in [0.4, 0.5) is 0 Å². The number of aryl methyl sites for hydroxylation is 1. The van der Waals surface area contributed by atoms with Gasteiger partial charge in [-0.25, -0.2) is 9.67 Å². The zero-order valence-electron chi connectivity index (χ0n) is 17.5. The Hall–Kier alpha value is -2.60. The van der Waals surface area contributed by atoms with E-state index < -0.39 is 0 Å². The largest absolute Gasteiger partial charge is 0.355 e. The lowest BCUT2D eigenvalue weighted by atomic mass is 10.1. The predicted octanol–water partition coefficient (Wildman–Crippen LogP) is 4.29. The molecule has 0 aliphatic heterocycles. The van der Waals surface area contributed by atoms with Gasteiger partial charge in [0.15, 0.2) is 5.82 Å². The van der Waals surface area contributed by atoms with Crippen molar-refractivity contribution in [2.75, 3.05) is 6.54 Å². The number of pyridine rings is 1. The number of amides is 1. The molecule has 5 nitrogen and oxygen atoms in total. The number of rotatable bonds is 8. The quantitative estimate of drug-likeness (QED) is 0.565. The molecule has 1 N–H and O–H groups in total. The van der Waals surface area contributed by atoms with Gasteiger partial charge < -0.3 is 5.32 Å². The molecule has 152 valence electrons. The molecular weight excluding hydrogens is 380 g/mol. The Labute approximate surface area is 176 Å².